The Labute approximate surface area is 129 Å². The van der Waals surface area contributed by atoms with E-state index in [1.807, 2.05) is 0 Å². The van der Waals surface area contributed by atoms with Crippen molar-refractivity contribution in [2.45, 2.75) is 71.1 Å². The minimum absolute atomic E-state index is 0.0193. The molecule has 0 atom stereocenters. The van der Waals surface area contributed by atoms with E-state index >= 15 is 0 Å². The van der Waals surface area contributed by atoms with Crippen molar-refractivity contribution in [2.75, 3.05) is 0 Å². The third-order valence-electron chi connectivity index (χ3n) is 4.37. The minimum Gasteiger partial charge on any atom is -0.309 e. The third-order valence-corrected chi connectivity index (χ3v) is 5.18. The molecular formula is C16H25BrN2O. The van der Waals surface area contributed by atoms with Gasteiger partial charge in [0.15, 0.2) is 0 Å². The lowest BCUT2D eigenvalue weighted by molar-refractivity contribution is 0.301. The molecular weight excluding hydrogens is 316 g/mol. The van der Waals surface area contributed by atoms with Gasteiger partial charge in [0.25, 0.3) is 5.56 Å². The Bertz CT molecular complexity index is 490. The van der Waals surface area contributed by atoms with E-state index in [1.165, 1.54) is 38.5 Å². The standard InChI is InChI=1S/C16H25BrN2O/c1-3-5-11-7-9-12(10-8-11)15-18-13(6-4-2)14(17)16(20)19-15/h11-12H,3-10H2,1-2H3,(H,18,19,20). The summed E-state index contributed by atoms with van der Waals surface area (Å²) in [4.78, 5) is 19.7. The fourth-order valence-corrected chi connectivity index (χ4v) is 3.64. The van der Waals surface area contributed by atoms with Gasteiger partial charge in [-0.15, -0.1) is 0 Å². The number of hydrogen-bond donors (Lipinski definition) is 1. The maximum Gasteiger partial charge on any atom is 0.265 e. The fraction of sp³-hybridized carbons (Fsp3) is 0.750. The van der Waals surface area contributed by atoms with Gasteiger partial charge in [-0.3, -0.25) is 4.79 Å². The predicted molar refractivity (Wildman–Crippen MR) is 86.2 cm³/mol. The molecule has 0 saturated heterocycles. The van der Waals surface area contributed by atoms with E-state index in [0.29, 0.717) is 10.4 Å². The lowest BCUT2D eigenvalue weighted by Crippen LogP contribution is -2.21. The molecule has 1 fully saturated rings. The van der Waals surface area contributed by atoms with E-state index < -0.39 is 0 Å². The first-order valence-corrected chi connectivity index (χ1v) is 8.73. The molecule has 1 aliphatic carbocycles. The Morgan fingerprint density at radius 1 is 1.20 bits per heavy atom. The average molecular weight is 341 g/mol. The topological polar surface area (TPSA) is 45.8 Å². The highest BCUT2D eigenvalue weighted by atomic mass is 79.9. The maximum absolute atomic E-state index is 12.0. The molecule has 20 heavy (non-hydrogen) atoms. The van der Waals surface area contributed by atoms with Crippen LogP contribution < -0.4 is 5.56 Å². The molecule has 1 N–H and O–H groups in total. The van der Waals surface area contributed by atoms with Gasteiger partial charge >= 0.3 is 0 Å². The summed E-state index contributed by atoms with van der Waals surface area (Å²) in [5, 5.41) is 0. The van der Waals surface area contributed by atoms with E-state index in [2.05, 4.69) is 34.8 Å². The molecule has 112 valence electrons. The van der Waals surface area contributed by atoms with Crippen LogP contribution in [-0.4, -0.2) is 9.97 Å². The first kappa shape index (κ1) is 15.7. The molecule has 3 nitrogen and oxygen atoms in total. The Morgan fingerprint density at radius 3 is 2.50 bits per heavy atom. The van der Waals surface area contributed by atoms with Crippen molar-refractivity contribution < 1.29 is 0 Å². The van der Waals surface area contributed by atoms with Crippen molar-refractivity contribution in [3.63, 3.8) is 0 Å². The Morgan fingerprint density at radius 2 is 1.90 bits per heavy atom. The van der Waals surface area contributed by atoms with Gasteiger partial charge < -0.3 is 4.98 Å². The van der Waals surface area contributed by atoms with Gasteiger partial charge in [0, 0.05) is 5.92 Å². The van der Waals surface area contributed by atoms with Crippen molar-refractivity contribution in [3.8, 4) is 0 Å². The third kappa shape index (κ3) is 3.72. The minimum atomic E-state index is -0.0193. The molecule has 4 heteroatoms. The highest BCUT2D eigenvalue weighted by Gasteiger charge is 2.24. The number of aryl methyl sites for hydroxylation is 1. The van der Waals surface area contributed by atoms with Gasteiger partial charge in [0.2, 0.25) is 0 Å². The van der Waals surface area contributed by atoms with Crippen LogP contribution in [0.15, 0.2) is 9.27 Å². The molecule has 1 heterocycles. The molecule has 0 bridgehead atoms. The maximum atomic E-state index is 12.0. The summed E-state index contributed by atoms with van der Waals surface area (Å²) in [5.41, 5.74) is 0.899. The van der Waals surface area contributed by atoms with Crippen LogP contribution in [0.3, 0.4) is 0 Å². The largest absolute Gasteiger partial charge is 0.309 e. The second-order valence-corrected chi connectivity index (χ2v) is 6.76. The molecule has 0 unspecified atom stereocenters. The summed E-state index contributed by atoms with van der Waals surface area (Å²) in [6, 6.07) is 0. The number of aromatic amines is 1. The number of hydrogen-bond acceptors (Lipinski definition) is 2. The van der Waals surface area contributed by atoms with Gasteiger partial charge in [-0.25, -0.2) is 4.98 Å². The van der Waals surface area contributed by atoms with Crippen molar-refractivity contribution in [1.29, 1.82) is 0 Å². The molecule has 2 rings (SSSR count). The predicted octanol–water partition coefficient (Wildman–Crippen LogP) is 4.56. The second kappa shape index (κ2) is 7.39. The molecule has 0 aliphatic heterocycles. The quantitative estimate of drug-likeness (QED) is 0.853. The highest BCUT2D eigenvalue weighted by molar-refractivity contribution is 9.10. The molecule has 0 aromatic carbocycles. The molecule has 0 amide bonds. The van der Waals surface area contributed by atoms with E-state index in [-0.39, 0.29) is 5.56 Å². The number of nitrogens with one attached hydrogen (secondary N) is 1. The van der Waals surface area contributed by atoms with Crippen LogP contribution in [0.5, 0.6) is 0 Å². The van der Waals surface area contributed by atoms with Crippen LogP contribution in [0.4, 0.5) is 0 Å². The Kier molecular flexibility index (Phi) is 5.82. The number of H-pyrrole nitrogens is 1. The van der Waals surface area contributed by atoms with Gasteiger partial charge in [0.05, 0.1) is 5.69 Å². The van der Waals surface area contributed by atoms with Crippen molar-refractivity contribution in [1.82, 2.24) is 9.97 Å². The van der Waals surface area contributed by atoms with Crippen molar-refractivity contribution in [2.24, 2.45) is 5.92 Å². The van der Waals surface area contributed by atoms with E-state index in [9.17, 15) is 4.79 Å². The van der Waals surface area contributed by atoms with Crippen LogP contribution in [0.1, 0.15) is 76.2 Å². The van der Waals surface area contributed by atoms with Gasteiger partial charge in [-0.05, 0) is 54.0 Å². The monoisotopic (exact) mass is 340 g/mol. The lowest BCUT2D eigenvalue weighted by Gasteiger charge is -2.27. The zero-order chi connectivity index (χ0) is 14.5. The fourth-order valence-electron chi connectivity index (χ4n) is 3.25. The van der Waals surface area contributed by atoms with Crippen LogP contribution in [0.25, 0.3) is 0 Å². The Balaban J connectivity index is 2.12. The summed E-state index contributed by atoms with van der Waals surface area (Å²) in [7, 11) is 0. The van der Waals surface area contributed by atoms with Crippen LogP contribution in [-0.2, 0) is 6.42 Å². The molecule has 1 saturated carbocycles. The molecule has 1 aliphatic rings. The summed E-state index contributed by atoms with van der Waals surface area (Å²) in [5.74, 6) is 2.24. The number of aromatic nitrogens is 2. The van der Waals surface area contributed by atoms with Crippen LogP contribution in [0, 0.1) is 5.92 Å². The summed E-state index contributed by atoms with van der Waals surface area (Å²) in [6.45, 7) is 4.38. The Hall–Kier alpha value is -0.640. The SMILES string of the molecule is CCCc1nc(C2CCC(CCC)CC2)[nH]c(=O)c1Br. The number of nitrogens with zero attached hydrogens (tertiary/aromatic N) is 1. The highest BCUT2D eigenvalue weighted by Crippen LogP contribution is 2.36. The summed E-state index contributed by atoms with van der Waals surface area (Å²) in [6.07, 6.45) is 9.40. The van der Waals surface area contributed by atoms with Crippen molar-refractivity contribution >= 4 is 15.9 Å². The molecule has 0 spiro atoms. The van der Waals surface area contributed by atoms with E-state index in [4.69, 9.17) is 4.98 Å². The molecule has 0 radical (unpaired) electrons. The average Bonchev–Trinajstić information content (AvgIpc) is 2.45. The second-order valence-electron chi connectivity index (χ2n) is 5.97. The van der Waals surface area contributed by atoms with E-state index in [1.54, 1.807) is 0 Å². The summed E-state index contributed by atoms with van der Waals surface area (Å²) < 4.78 is 0.614. The zero-order valence-electron chi connectivity index (χ0n) is 12.5. The van der Waals surface area contributed by atoms with Crippen molar-refractivity contribution in [3.05, 3.63) is 26.3 Å². The first-order chi connectivity index (χ1) is 9.65. The van der Waals surface area contributed by atoms with Gasteiger partial charge in [0.1, 0.15) is 10.3 Å². The van der Waals surface area contributed by atoms with Crippen LogP contribution >= 0.6 is 15.9 Å². The normalized spacial score (nSPS) is 22.9. The smallest absolute Gasteiger partial charge is 0.265 e. The van der Waals surface area contributed by atoms with E-state index in [0.717, 1.165) is 30.3 Å². The first-order valence-electron chi connectivity index (χ1n) is 7.94. The molecule has 1 aromatic rings. The van der Waals surface area contributed by atoms with Gasteiger partial charge in [-0.1, -0.05) is 33.1 Å². The number of halogens is 1. The molecule has 1 aromatic heterocycles. The van der Waals surface area contributed by atoms with Gasteiger partial charge in [-0.2, -0.15) is 0 Å². The van der Waals surface area contributed by atoms with Crippen LogP contribution in [0.2, 0.25) is 0 Å². The zero-order valence-corrected chi connectivity index (χ0v) is 14.1. The number of rotatable bonds is 5. The summed E-state index contributed by atoms with van der Waals surface area (Å²) >= 11 is 3.36. The lowest BCUT2D eigenvalue weighted by atomic mass is 9.80.